The van der Waals surface area contributed by atoms with Crippen LogP contribution in [0.25, 0.3) is 27.7 Å². The standard InChI is InChI=1S/C31H38N6S/c1-22(2)38(4,5)30-13-11-27(20-33-30)34-23(3)31-28-17-25(10-12-29(28)35-36-31)26-16-24(18-32-19-26)21-37-14-8-6-7-9-15-37/h10-13,16-20,22,34H,3-9,14-15,21H2,1-2H3,(H,35,36). The van der Waals surface area contributed by atoms with E-state index in [0.29, 0.717) is 10.9 Å². The van der Waals surface area contributed by atoms with Crippen molar-refractivity contribution in [3.8, 4) is 11.1 Å². The minimum absolute atomic E-state index is 0.360. The van der Waals surface area contributed by atoms with Crippen molar-refractivity contribution >= 4 is 43.2 Å². The van der Waals surface area contributed by atoms with Crippen LogP contribution in [-0.2, 0) is 6.54 Å². The SMILES string of the molecule is C=C(Nc1ccc(S(=C)(=C)C(C)C)nc1)c1n[nH]c2ccc(-c3cncc(CN4CCCCCC4)c3)cc12. The van der Waals surface area contributed by atoms with Gasteiger partial charge in [0.2, 0.25) is 0 Å². The molecule has 1 saturated heterocycles. The number of pyridine rings is 2. The normalized spacial score (nSPS) is 15.0. The number of nitrogens with one attached hydrogen (secondary N) is 2. The van der Waals surface area contributed by atoms with Crippen LogP contribution < -0.4 is 5.32 Å². The molecule has 7 heteroatoms. The Bertz CT molecular complexity index is 1520. The van der Waals surface area contributed by atoms with Gasteiger partial charge in [0.05, 0.1) is 28.1 Å². The van der Waals surface area contributed by atoms with E-state index in [9.17, 15) is 0 Å². The van der Waals surface area contributed by atoms with Crippen molar-refractivity contribution in [1.29, 1.82) is 0 Å². The van der Waals surface area contributed by atoms with Gasteiger partial charge in [0.25, 0.3) is 0 Å². The largest absolute Gasteiger partial charge is 0.353 e. The molecule has 6 nitrogen and oxygen atoms in total. The summed E-state index contributed by atoms with van der Waals surface area (Å²) in [4.78, 5) is 11.8. The van der Waals surface area contributed by atoms with Crippen LogP contribution in [0.5, 0.6) is 0 Å². The lowest BCUT2D eigenvalue weighted by Crippen LogP contribution is -2.24. The zero-order valence-corrected chi connectivity index (χ0v) is 23.4. The minimum Gasteiger partial charge on any atom is -0.353 e. The van der Waals surface area contributed by atoms with Crippen LogP contribution in [0, 0.1) is 0 Å². The van der Waals surface area contributed by atoms with E-state index >= 15 is 0 Å². The first-order valence-electron chi connectivity index (χ1n) is 13.4. The number of nitrogens with zero attached hydrogens (tertiary/aromatic N) is 4. The summed E-state index contributed by atoms with van der Waals surface area (Å²) in [6.45, 7) is 11.9. The lowest BCUT2D eigenvalue weighted by Gasteiger charge is -2.19. The molecule has 4 heterocycles. The Morgan fingerprint density at radius 1 is 1.00 bits per heavy atom. The number of likely N-dealkylation sites (tertiary alicyclic amines) is 1. The van der Waals surface area contributed by atoms with Gasteiger partial charge in [-0.2, -0.15) is 14.3 Å². The average Bonchev–Trinajstić information content (AvgIpc) is 3.17. The number of rotatable bonds is 8. The number of aromatic amines is 1. The van der Waals surface area contributed by atoms with Gasteiger partial charge in [0.15, 0.2) is 0 Å². The molecule has 0 amide bonds. The topological polar surface area (TPSA) is 69.7 Å². The number of anilines is 1. The summed E-state index contributed by atoms with van der Waals surface area (Å²) in [6, 6.07) is 12.7. The molecule has 0 radical (unpaired) electrons. The van der Waals surface area contributed by atoms with Crippen LogP contribution in [0.15, 0.2) is 66.6 Å². The summed E-state index contributed by atoms with van der Waals surface area (Å²) in [6.07, 6.45) is 11.0. The van der Waals surface area contributed by atoms with Gasteiger partial charge in [-0.25, -0.2) is 4.98 Å². The Balaban J connectivity index is 1.35. The molecule has 5 rings (SSSR count). The van der Waals surface area contributed by atoms with Gasteiger partial charge in [-0.1, -0.05) is 51.1 Å². The molecule has 0 aliphatic carbocycles. The number of H-pyrrole nitrogens is 1. The highest BCUT2D eigenvalue weighted by Gasteiger charge is 2.14. The van der Waals surface area contributed by atoms with E-state index in [4.69, 9.17) is 0 Å². The van der Waals surface area contributed by atoms with Crippen LogP contribution >= 0.6 is 9.21 Å². The highest BCUT2D eigenvalue weighted by molar-refractivity contribution is 8.28. The molecule has 0 unspecified atom stereocenters. The fourth-order valence-corrected chi connectivity index (χ4v) is 5.96. The maximum absolute atomic E-state index is 4.65. The fourth-order valence-electron chi connectivity index (χ4n) is 4.88. The third kappa shape index (κ3) is 5.69. The Labute approximate surface area is 226 Å². The van der Waals surface area contributed by atoms with E-state index in [1.807, 2.05) is 30.7 Å². The molecule has 1 aliphatic rings. The molecular weight excluding hydrogens is 488 g/mol. The van der Waals surface area contributed by atoms with Crippen molar-refractivity contribution < 1.29 is 0 Å². The predicted molar refractivity (Wildman–Crippen MR) is 165 cm³/mol. The zero-order chi connectivity index (χ0) is 26.7. The lowest BCUT2D eigenvalue weighted by molar-refractivity contribution is 0.277. The molecule has 4 aromatic rings. The van der Waals surface area contributed by atoms with E-state index in [1.54, 1.807) is 0 Å². The van der Waals surface area contributed by atoms with Gasteiger partial charge >= 0.3 is 0 Å². The minimum atomic E-state index is -1.43. The number of aromatic nitrogens is 4. The molecular formula is C31H38N6S. The van der Waals surface area contributed by atoms with Gasteiger partial charge in [0.1, 0.15) is 5.69 Å². The highest BCUT2D eigenvalue weighted by atomic mass is 32.2. The molecule has 3 aromatic heterocycles. The second-order valence-corrected chi connectivity index (χ2v) is 13.8. The quantitative estimate of drug-likeness (QED) is 0.244. The second kappa shape index (κ2) is 11.1. The molecule has 38 heavy (non-hydrogen) atoms. The second-order valence-electron chi connectivity index (χ2n) is 10.6. The summed E-state index contributed by atoms with van der Waals surface area (Å²) in [7, 11) is -1.43. The third-order valence-corrected chi connectivity index (χ3v) is 10.3. The predicted octanol–water partition coefficient (Wildman–Crippen LogP) is 6.91. The maximum atomic E-state index is 4.65. The van der Waals surface area contributed by atoms with Crippen LogP contribution in [-0.4, -0.2) is 55.1 Å². The average molecular weight is 527 g/mol. The van der Waals surface area contributed by atoms with E-state index < -0.39 is 9.21 Å². The first kappa shape index (κ1) is 26.2. The van der Waals surface area contributed by atoms with Crippen molar-refractivity contribution in [2.75, 3.05) is 18.4 Å². The molecule has 0 saturated carbocycles. The van der Waals surface area contributed by atoms with Crippen molar-refractivity contribution in [2.45, 2.75) is 56.4 Å². The van der Waals surface area contributed by atoms with E-state index in [1.165, 1.54) is 44.3 Å². The zero-order valence-electron chi connectivity index (χ0n) is 22.5. The van der Waals surface area contributed by atoms with Crippen molar-refractivity contribution in [2.24, 2.45) is 0 Å². The van der Waals surface area contributed by atoms with Gasteiger partial charge in [-0.05, 0) is 72.6 Å². The molecule has 0 bridgehead atoms. The summed E-state index contributed by atoms with van der Waals surface area (Å²) in [5, 5.41) is 13.4. The number of fused-ring (bicyclic) bond motifs is 1. The Morgan fingerprint density at radius 2 is 1.79 bits per heavy atom. The molecule has 0 atom stereocenters. The van der Waals surface area contributed by atoms with Crippen LogP contribution in [0.3, 0.4) is 0 Å². The summed E-state index contributed by atoms with van der Waals surface area (Å²) < 4.78 is 0. The smallest absolute Gasteiger partial charge is 0.116 e. The van der Waals surface area contributed by atoms with E-state index in [2.05, 4.69) is 86.8 Å². The lowest BCUT2D eigenvalue weighted by atomic mass is 10.0. The van der Waals surface area contributed by atoms with Gasteiger partial charge in [-0.3, -0.25) is 15.0 Å². The fraction of sp³-hybridized carbons (Fsp3) is 0.323. The van der Waals surface area contributed by atoms with Gasteiger partial charge in [-0.15, -0.1) is 0 Å². The van der Waals surface area contributed by atoms with E-state index in [-0.39, 0.29) is 0 Å². The molecule has 1 aromatic carbocycles. The maximum Gasteiger partial charge on any atom is 0.116 e. The Hall–Kier alpha value is -3.42. The van der Waals surface area contributed by atoms with E-state index in [0.717, 1.165) is 45.0 Å². The monoisotopic (exact) mass is 526 g/mol. The number of hydrogen-bond donors (Lipinski definition) is 2. The first-order valence-corrected chi connectivity index (χ1v) is 15.4. The third-order valence-electron chi connectivity index (χ3n) is 7.43. The molecule has 0 spiro atoms. The molecule has 2 N–H and O–H groups in total. The molecule has 1 aliphatic heterocycles. The summed E-state index contributed by atoms with van der Waals surface area (Å²) in [5.74, 6) is 8.65. The summed E-state index contributed by atoms with van der Waals surface area (Å²) >= 11 is 0. The Kier molecular flexibility index (Phi) is 7.68. The Morgan fingerprint density at radius 3 is 2.50 bits per heavy atom. The molecule has 1 fully saturated rings. The van der Waals surface area contributed by atoms with Gasteiger partial charge in [0, 0.05) is 29.9 Å². The van der Waals surface area contributed by atoms with Crippen molar-refractivity contribution in [1.82, 2.24) is 25.1 Å². The highest BCUT2D eigenvalue weighted by Crippen LogP contribution is 2.35. The van der Waals surface area contributed by atoms with Crippen LogP contribution in [0.4, 0.5) is 5.69 Å². The van der Waals surface area contributed by atoms with Crippen molar-refractivity contribution in [3.63, 3.8) is 0 Å². The van der Waals surface area contributed by atoms with Crippen LogP contribution in [0.1, 0.15) is 50.8 Å². The number of benzene rings is 1. The first-order chi connectivity index (χ1) is 18.3. The van der Waals surface area contributed by atoms with Crippen LogP contribution in [0.2, 0.25) is 0 Å². The molecule has 198 valence electrons. The summed E-state index contributed by atoms with van der Waals surface area (Å²) in [5.41, 5.74) is 6.81. The number of hydrogen-bond acceptors (Lipinski definition) is 5. The van der Waals surface area contributed by atoms with Crippen molar-refractivity contribution in [3.05, 3.63) is 72.8 Å². The van der Waals surface area contributed by atoms with Gasteiger partial charge < -0.3 is 5.32 Å².